The molecule has 1 unspecified atom stereocenters. The van der Waals surface area contributed by atoms with Crippen molar-refractivity contribution in [2.45, 2.75) is 38.8 Å². The molecule has 0 radical (unpaired) electrons. The van der Waals surface area contributed by atoms with Crippen LogP contribution in [0.1, 0.15) is 31.7 Å². The van der Waals surface area contributed by atoms with Crippen molar-refractivity contribution < 1.29 is 22.7 Å². The van der Waals surface area contributed by atoms with Gasteiger partial charge in [0.15, 0.2) is 0 Å². The van der Waals surface area contributed by atoms with Crippen molar-refractivity contribution in [1.82, 2.24) is 10.2 Å². The first-order valence-electron chi connectivity index (χ1n) is 11.0. The number of carbonyl (C=O) groups excluding carboxylic acids is 2. The summed E-state index contributed by atoms with van der Waals surface area (Å²) in [5.41, 5.74) is 1.26. The largest absolute Gasteiger partial charge is 0.497 e. The number of sulfonamides is 1. The van der Waals surface area contributed by atoms with E-state index in [1.807, 2.05) is 25.1 Å². The van der Waals surface area contributed by atoms with Gasteiger partial charge in [-0.1, -0.05) is 36.7 Å². The van der Waals surface area contributed by atoms with E-state index in [1.54, 1.807) is 37.4 Å². The van der Waals surface area contributed by atoms with Crippen LogP contribution in [0.25, 0.3) is 0 Å². The van der Waals surface area contributed by atoms with Crippen molar-refractivity contribution in [2.75, 3.05) is 31.3 Å². The van der Waals surface area contributed by atoms with Crippen molar-refractivity contribution >= 4 is 39.1 Å². The number of halogens is 1. The minimum atomic E-state index is -3.58. The highest BCUT2D eigenvalue weighted by Crippen LogP contribution is 2.23. The predicted octanol–water partition coefficient (Wildman–Crippen LogP) is 3.45. The molecule has 0 saturated carbocycles. The Kier molecular flexibility index (Phi) is 10.2. The van der Waals surface area contributed by atoms with Gasteiger partial charge in [-0.3, -0.25) is 13.9 Å². The topological polar surface area (TPSA) is 96.0 Å². The summed E-state index contributed by atoms with van der Waals surface area (Å²) in [6.45, 7) is 2.18. The minimum Gasteiger partial charge on any atom is -0.497 e. The zero-order chi connectivity index (χ0) is 25.3. The number of carbonyl (C=O) groups is 2. The minimum absolute atomic E-state index is 0.0735. The number of hydrogen-bond acceptors (Lipinski definition) is 5. The molecule has 2 aromatic carbocycles. The molecular formula is C24H32ClN3O5S. The molecule has 186 valence electrons. The second-order valence-corrected chi connectivity index (χ2v) is 10.2. The summed E-state index contributed by atoms with van der Waals surface area (Å²) in [6.07, 6.45) is 1.90. The number of nitrogens with zero attached hydrogens (tertiary/aromatic N) is 2. The van der Waals surface area contributed by atoms with E-state index in [2.05, 4.69) is 5.32 Å². The van der Waals surface area contributed by atoms with Crippen LogP contribution in [0.2, 0.25) is 5.02 Å². The number of rotatable bonds is 12. The van der Waals surface area contributed by atoms with Crippen LogP contribution in [0.5, 0.6) is 5.75 Å². The SMILES string of the molecule is CCC(C(=O)NC)N(Cc1cccc(OC)c1)C(=O)CCCN(c1cccc(Cl)c1)S(C)(=O)=O. The molecule has 0 aromatic heterocycles. The van der Waals surface area contributed by atoms with Gasteiger partial charge in [-0.2, -0.15) is 0 Å². The average molecular weight is 510 g/mol. The van der Waals surface area contributed by atoms with E-state index < -0.39 is 16.1 Å². The first-order chi connectivity index (χ1) is 16.1. The smallest absolute Gasteiger partial charge is 0.242 e. The summed E-state index contributed by atoms with van der Waals surface area (Å²) in [4.78, 5) is 27.3. The van der Waals surface area contributed by atoms with Gasteiger partial charge < -0.3 is 15.0 Å². The van der Waals surface area contributed by atoms with E-state index >= 15 is 0 Å². The Morgan fingerprint density at radius 3 is 2.44 bits per heavy atom. The van der Waals surface area contributed by atoms with E-state index in [1.165, 1.54) is 16.3 Å². The molecule has 1 N–H and O–H groups in total. The van der Waals surface area contributed by atoms with E-state index in [9.17, 15) is 18.0 Å². The second-order valence-electron chi connectivity index (χ2n) is 7.83. The Balaban J connectivity index is 2.20. The summed E-state index contributed by atoms with van der Waals surface area (Å²) in [7, 11) is -0.476. The second kappa shape index (κ2) is 12.6. The number of likely N-dealkylation sites (N-methyl/N-ethyl adjacent to an activating group) is 1. The van der Waals surface area contributed by atoms with Crippen LogP contribution in [0.15, 0.2) is 48.5 Å². The van der Waals surface area contributed by atoms with Gasteiger partial charge in [0.05, 0.1) is 19.1 Å². The number of benzene rings is 2. The van der Waals surface area contributed by atoms with Gasteiger partial charge in [-0.05, 0) is 48.7 Å². The number of amides is 2. The third kappa shape index (κ3) is 7.63. The Hall–Kier alpha value is -2.78. The fourth-order valence-electron chi connectivity index (χ4n) is 3.69. The van der Waals surface area contributed by atoms with Gasteiger partial charge in [0, 0.05) is 31.6 Å². The first kappa shape index (κ1) is 27.5. The van der Waals surface area contributed by atoms with Gasteiger partial charge in [-0.15, -0.1) is 0 Å². The number of methoxy groups -OCH3 is 1. The maximum atomic E-state index is 13.3. The highest BCUT2D eigenvalue weighted by Gasteiger charge is 2.28. The normalized spacial score (nSPS) is 12.0. The Morgan fingerprint density at radius 1 is 1.15 bits per heavy atom. The fourth-order valence-corrected chi connectivity index (χ4v) is 4.83. The van der Waals surface area contributed by atoms with Crippen LogP contribution in [0, 0.1) is 0 Å². The van der Waals surface area contributed by atoms with Gasteiger partial charge in [0.2, 0.25) is 21.8 Å². The molecule has 2 rings (SSSR count). The number of hydrogen-bond donors (Lipinski definition) is 1. The molecule has 8 nitrogen and oxygen atoms in total. The lowest BCUT2D eigenvalue weighted by Gasteiger charge is -2.31. The van der Waals surface area contributed by atoms with E-state index in [0.29, 0.717) is 22.9 Å². The lowest BCUT2D eigenvalue weighted by atomic mass is 10.1. The molecule has 0 fully saturated rings. The average Bonchev–Trinajstić information content (AvgIpc) is 2.80. The highest BCUT2D eigenvalue weighted by atomic mass is 35.5. The third-order valence-corrected chi connectivity index (χ3v) is 6.80. The number of anilines is 1. The first-order valence-corrected chi connectivity index (χ1v) is 13.2. The van der Waals surface area contributed by atoms with Crippen LogP contribution < -0.4 is 14.4 Å². The van der Waals surface area contributed by atoms with Crippen molar-refractivity contribution in [3.63, 3.8) is 0 Å². The molecule has 0 aliphatic heterocycles. The summed E-state index contributed by atoms with van der Waals surface area (Å²) < 4.78 is 31.2. The van der Waals surface area contributed by atoms with Crippen LogP contribution >= 0.6 is 11.6 Å². The molecule has 0 heterocycles. The summed E-state index contributed by atoms with van der Waals surface area (Å²) in [6, 6.07) is 13.2. The van der Waals surface area contributed by atoms with E-state index in [0.717, 1.165) is 11.8 Å². The lowest BCUT2D eigenvalue weighted by Crippen LogP contribution is -2.48. The van der Waals surface area contributed by atoms with Gasteiger partial charge in [0.1, 0.15) is 11.8 Å². The highest BCUT2D eigenvalue weighted by molar-refractivity contribution is 7.92. The molecule has 0 spiro atoms. The van der Waals surface area contributed by atoms with Crippen LogP contribution in [-0.2, 0) is 26.2 Å². The Morgan fingerprint density at radius 2 is 1.85 bits per heavy atom. The van der Waals surface area contributed by atoms with Gasteiger partial charge in [-0.25, -0.2) is 8.42 Å². The molecular weight excluding hydrogens is 478 g/mol. The van der Waals surface area contributed by atoms with Gasteiger partial charge in [0.25, 0.3) is 0 Å². The van der Waals surface area contributed by atoms with Gasteiger partial charge >= 0.3 is 0 Å². The van der Waals surface area contributed by atoms with E-state index in [4.69, 9.17) is 16.3 Å². The quantitative estimate of drug-likeness (QED) is 0.472. The summed E-state index contributed by atoms with van der Waals surface area (Å²) in [5.74, 6) is 0.163. The monoisotopic (exact) mass is 509 g/mol. The Bertz CT molecular complexity index is 1090. The zero-order valence-electron chi connectivity index (χ0n) is 20.0. The van der Waals surface area contributed by atoms with Crippen LogP contribution in [0.3, 0.4) is 0 Å². The lowest BCUT2D eigenvalue weighted by molar-refractivity contribution is -0.141. The predicted molar refractivity (Wildman–Crippen MR) is 135 cm³/mol. The zero-order valence-corrected chi connectivity index (χ0v) is 21.5. The van der Waals surface area contributed by atoms with Crippen molar-refractivity contribution in [3.8, 4) is 5.75 Å². The third-order valence-electron chi connectivity index (χ3n) is 5.37. The molecule has 0 saturated heterocycles. The summed E-state index contributed by atoms with van der Waals surface area (Å²) >= 11 is 6.03. The maximum Gasteiger partial charge on any atom is 0.242 e. The molecule has 0 aliphatic rings. The maximum absolute atomic E-state index is 13.3. The van der Waals surface area contributed by atoms with Crippen molar-refractivity contribution in [2.24, 2.45) is 0 Å². The summed E-state index contributed by atoms with van der Waals surface area (Å²) in [5, 5.41) is 3.04. The van der Waals surface area contributed by atoms with Crippen molar-refractivity contribution in [3.05, 3.63) is 59.1 Å². The van der Waals surface area contributed by atoms with Crippen LogP contribution in [-0.4, -0.2) is 58.1 Å². The van der Waals surface area contributed by atoms with Crippen LogP contribution in [0.4, 0.5) is 5.69 Å². The molecule has 10 heteroatoms. The number of nitrogens with one attached hydrogen (secondary N) is 1. The van der Waals surface area contributed by atoms with E-state index in [-0.39, 0.29) is 37.7 Å². The molecule has 34 heavy (non-hydrogen) atoms. The molecule has 0 bridgehead atoms. The fraction of sp³-hybridized carbons (Fsp3) is 0.417. The Labute approximate surface area is 206 Å². The molecule has 0 aliphatic carbocycles. The molecule has 2 amide bonds. The van der Waals surface area contributed by atoms with Crippen molar-refractivity contribution in [1.29, 1.82) is 0 Å². The molecule has 2 aromatic rings. The number of ether oxygens (including phenoxy) is 1. The standard InChI is InChI=1S/C24H32ClN3O5S/c1-5-22(24(30)26-2)27(17-18-9-6-12-21(15-18)33-3)23(29)13-8-14-28(34(4,31)32)20-11-7-10-19(25)16-20/h6-7,9-12,15-16,22H,5,8,13-14,17H2,1-4H3,(H,26,30). The molecule has 1 atom stereocenters.